The fourth-order valence-electron chi connectivity index (χ4n) is 15.5. The maximum Gasteiger partial charge on any atom is 0.409 e. The van der Waals surface area contributed by atoms with E-state index in [1.807, 2.05) is 85.0 Å². The number of benzene rings is 3. The number of pyridine rings is 1. The van der Waals surface area contributed by atoms with E-state index in [0.717, 1.165) is 88.2 Å². The second-order valence-corrected chi connectivity index (χ2v) is 27.6. The van der Waals surface area contributed by atoms with Crippen LogP contribution in [-0.2, 0) is 66.0 Å². The molecule has 20 nitrogen and oxygen atoms in total. The van der Waals surface area contributed by atoms with Crippen molar-refractivity contribution in [2.24, 2.45) is 28.1 Å². The fourth-order valence-corrected chi connectivity index (χ4v) is 16.4. The molecule has 6 aromatic rings. The number of thiazole rings is 1. The normalized spacial score (nSPS) is 22.3. The van der Waals surface area contributed by atoms with E-state index in [1.165, 1.54) is 16.2 Å². The van der Waals surface area contributed by atoms with Gasteiger partial charge < -0.3 is 29.7 Å². The van der Waals surface area contributed by atoms with Gasteiger partial charge in [0.25, 0.3) is 17.7 Å². The first-order valence-electron chi connectivity index (χ1n) is 30.7. The Hall–Kier alpha value is -8.43. The van der Waals surface area contributed by atoms with Gasteiger partial charge in [0.1, 0.15) is 18.2 Å². The molecule has 12 rings (SSSR count). The predicted molar refractivity (Wildman–Crippen MR) is 335 cm³/mol. The van der Waals surface area contributed by atoms with Crippen LogP contribution in [0.2, 0.25) is 0 Å². The Labute approximate surface area is 521 Å². The van der Waals surface area contributed by atoms with E-state index < -0.39 is 47.3 Å². The smallest absolute Gasteiger partial charge is 0.409 e. The van der Waals surface area contributed by atoms with Crippen LogP contribution >= 0.6 is 11.3 Å². The number of carboxylic acids is 1. The molecule has 6 aliphatic rings. The van der Waals surface area contributed by atoms with Crippen LogP contribution in [0.3, 0.4) is 0 Å². The molecule has 0 radical (unpaired) electrons. The number of nitrogens with zero attached hydrogens (tertiary/aromatic N) is 7. The van der Waals surface area contributed by atoms with Gasteiger partial charge in [-0.05, 0) is 134 Å². The summed E-state index contributed by atoms with van der Waals surface area (Å²) in [6, 6.07) is 23.5. The number of rotatable bonds is 24. The van der Waals surface area contributed by atoms with E-state index in [2.05, 4.69) is 29.5 Å². The molecule has 5 heterocycles. The number of ether oxygens (including phenoxy) is 2. The summed E-state index contributed by atoms with van der Waals surface area (Å²) < 4.78 is 15.7. The number of para-hydroxylation sites is 1. The first-order chi connectivity index (χ1) is 42.4. The molecule has 2 unspecified atom stereocenters. The van der Waals surface area contributed by atoms with Crippen molar-refractivity contribution in [2.75, 3.05) is 43.5 Å². The highest BCUT2D eigenvalue weighted by atomic mass is 32.1. The van der Waals surface area contributed by atoms with Crippen LogP contribution in [-0.4, -0.2) is 127 Å². The number of anilines is 2. The molecule has 0 spiro atoms. The van der Waals surface area contributed by atoms with Gasteiger partial charge in [-0.2, -0.15) is 5.10 Å². The number of likely N-dealkylation sites (N-methyl/N-ethyl adjacent to an activating group) is 1. The molecular weight excluding hydrogens is 1150 g/mol. The van der Waals surface area contributed by atoms with Gasteiger partial charge in [0.2, 0.25) is 5.91 Å². The van der Waals surface area contributed by atoms with E-state index in [0.29, 0.717) is 72.4 Å². The van der Waals surface area contributed by atoms with Gasteiger partial charge in [-0.15, -0.1) is 0 Å². The lowest BCUT2D eigenvalue weighted by Gasteiger charge is -2.69. The maximum absolute atomic E-state index is 13.8. The number of hydrogen-bond acceptors (Lipinski definition) is 15. The number of aromatic carboxylic acids is 1. The van der Waals surface area contributed by atoms with Crippen molar-refractivity contribution in [2.45, 2.75) is 137 Å². The molecule has 3 aromatic carbocycles. The molecule has 4 bridgehead atoms. The molecule has 21 heteroatoms. The van der Waals surface area contributed by atoms with Gasteiger partial charge >= 0.3 is 12.1 Å². The highest BCUT2D eigenvalue weighted by Crippen LogP contribution is 2.72. The molecule has 4 aliphatic carbocycles. The zero-order chi connectivity index (χ0) is 63.2. The average molecular weight is 1230 g/mol. The minimum absolute atomic E-state index is 0.0177. The fraction of sp³-hybridized carbons (Fsp3) is 0.456. The number of fused-ring (bicyclic) bond motifs is 2. The Bertz CT molecular complexity index is 3760. The van der Waals surface area contributed by atoms with E-state index in [9.17, 15) is 43.5 Å². The third kappa shape index (κ3) is 13.5. The molecule has 89 heavy (non-hydrogen) atoms. The average Bonchev–Trinajstić information content (AvgIpc) is 0.830. The molecule has 2 aliphatic heterocycles. The van der Waals surface area contributed by atoms with Crippen molar-refractivity contribution < 1.29 is 52.9 Å². The number of nitrogens with one attached hydrogen (secondary N) is 2. The monoisotopic (exact) mass is 1230 g/mol. The molecule has 4 fully saturated rings. The molecule has 466 valence electrons. The second-order valence-electron chi connectivity index (χ2n) is 26.6. The number of carbonyl (C=O) groups excluding carboxylic acids is 7. The molecular formula is C68H77N9O11S. The van der Waals surface area contributed by atoms with E-state index in [-0.39, 0.29) is 77.7 Å². The van der Waals surface area contributed by atoms with E-state index >= 15 is 0 Å². The minimum Gasteiger partial charge on any atom is -0.476 e. The number of imide groups is 1. The number of ketones is 2. The summed E-state index contributed by atoms with van der Waals surface area (Å²) >= 11 is 1.42. The van der Waals surface area contributed by atoms with Crippen LogP contribution in [0.15, 0.2) is 97.2 Å². The molecule has 3 aromatic heterocycles. The minimum atomic E-state index is -1.14. The first kappa shape index (κ1) is 62.2. The van der Waals surface area contributed by atoms with Gasteiger partial charge in [-0.25, -0.2) is 19.6 Å². The molecule has 4 saturated carbocycles. The Morgan fingerprint density at radius 2 is 1.55 bits per heavy atom. The predicted octanol–water partition coefficient (Wildman–Crippen LogP) is 9.94. The van der Waals surface area contributed by atoms with Crippen LogP contribution in [0.4, 0.5) is 15.7 Å². The van der Waals surface area contributed by atoms with Crippen molar-refractivity contribution in [3.63, 3.8) is 0 Å². The summed E-state index contributed by atoms with van der Waals surface area (Å²) in [6.07, 6.45) is 9.92. The zero-order valence-electron chi connectivity index (χ0n) is 51.6. The summed E-state index contributed by atoms with van der Waals surface area (Å²) in [7, 11) is 1.69. The van der Waals surface area contributed by atoms with Crippen molar-refractivity contribution in [3.8, 4) is 11.1 Å². The number of carbonyl (C=O) groups is 8. The van der Waals surface area contributed by atoms with Crippen LogP contribution in [0.5, 0.6) is 0 Å². The first-order valence-corrected chi connectivity index (χ1v) is 31.5. The van der Waals surface area contributed by atoms with Gasteiger partial charge in [0, 0.05) is 99.5 Å². The van der Waals surface area contributed by atoms with Crippen LogP contribution in [0.1, 0.15) is 135 Å². The lowest BCUT2D eigenvalue weighted by atomic mass is 9.39. The molecule has 4 atom stereocenters. The maximum atomic E-state index is 13.8. The quantitative estimate of drug-likeness (QED) is 0.0477. The van der Waals surface area contributed by atoms with Crippen LogP contribution < -0.4 is 15.5 Å². The van der Waals surface area contributed by atoms with Crippen molar-refractivity contribution >= 4 is 79.8 Å². The van der Waals surface area contributed by atoms with Gasteiger partial charge in [-0.3, -0.25) is 43.7 Å². The Morgan fingerprint density at radius 1 is 0.831 bits per heavy atom. The second kappa shape index (κ2) is 24.9. The third-order valence-electron chi connectivity index (χ3n) is 18.8. The number of carboxylic acid groups (broad SMARTS) is 1. The Balaban J connectivity index is 0.667. The van der Waals surface area contributed by atoms with Gasteiger partial charge in [0.05, 0.1) is 34.7 Å². The summed E-state index contributed by atoms with van der Waals surface area (Å²) in [5.74, 6) is -3.63. The summed E-state index contributed by atoms with van der Waals surface area (Å²) in [5, 5.41) is 21.9. The summed E-state index contributed by atoms with van der Waals surface area (Å²) in [6.45, 7) is 14.2. The van der Waals surface area contributed by atoms with E-state index in [4.69, 9.17) is 19.6 Å². The topological polar surface area (TPSA) is 253 Å². The van der Waals surface area contributed by atoms with Crippen molar-refractivity contribution in [1.29, 1.82) is 0 Å². The molecule has 3 N–H and O–H groups in total. The summed E-state index contributed by atoms with van der Waals surface area (Å²) in [4.78, 5) is 117. The lowest BCUT2D eigenvalue weighted by Crippen LogP contribution is -2.64. The lowest BCUT2D eigenvalue weighted by molar-refractivity contribution is -0.248. The van der Waals surface area contributed by atoms with Crippen molar-refractivity contribution in [3.05, 3.63) is 136 Å². The highest BCUT2D eigenvalue weighted by molar-refractivity contribution is 7.22. The molecule has 0 saturated heterocycles. The van der Waals surface area contributed by atoms with Gasteiger partial charge in [0.15, 0.2) is 16.6 Å². The number of hydrogen-bond donors (Lipinski definition) is 3. The Kier molecular flexibility index (Phi) is 17.4. The molecule has 5 amide bonds. The summed E-state index contributed by atoms with van der Waals surface area (Å²) in [5.41, 5.74) is 6.24. The zero-order valence-corrected chi connectivity index (χ0v) is 52.4. The van der Waals surface area contributed by atoms with Gasteiger partial charge in [-0.1, -0.05) is 87.6 Å². The van der Waals surface area contributed by atoms with Crippen LogP contribution in [0.25, 0.3) is 21.3 Å². The Morgan fingerprint density at radius 3 is 2.26 bits per heavy atom. The number of Topliss-reactive ketones (excluding diaryl/α,β-unsaturated/α-hetero) is 2. The van der Waals surface area contributed by atoms with Crippen LogP contribution in [0, 0.1) is 35.0 Å². The highest BCUT2D eigenvalue weighted by Gasteiger charge is 2.66. The largest absolute Gasteiger partial charge is 0.476 e. The number of aromatic nitrogens is 4. The third-order valence-corrected chi connectivity index (χ3v) is 19.8. The number of amides is 5. The van der Waals surface area contributed by atoms with Crippen molar-refractivity contribution in [1.82, 2.24) is 34.9 Å². The standard InChI is InChI=1S/C68H77N9O11S/c1-41(2)50(30-47(78)24-26-76-57(80)21-22-58(76)81)61(83)70-42(3)54(79)29-44-15-17-45(18-16-44)33-87-64(86)74(7)27-28-88-68-37-65(5)34-66(6,38-68)36-67(35-65,39-68)40-77-43(4)51(31-69-77)48-19-20-56(72-59(48)62(84)85)75-25-23-46-11-10-12-49(52(46)32-75)60(82)73-63-71-53-13-8-9-14-55(53)89-63/h8-22,31,41-42,50H,23-30,32-40H2,1-7H3,(H,70,83)(H,84,85)(H,71,73,82)/t42-,50-,65?,66?,67?,68?/m0/s1. The SMILES string of the molecule is Cc1c(-c2ccc(N3CCc4cccc(C(=O)Nc5nc6ccccc6s5)c4C3)nc2C(=O)O)cnn1CC12CC3(C)CC(C)(C1)CC(OCCN(C)C(=O)OCc1ccc(CC(=O)[C@H](C)NC(=O)[C@@H](CC(=O)CCN4C(=O)C=CC4=O)C(C)C)cc1)(C3)C2. The van der Waals surface area contributed by atoms with E-state index in [1.54, 1.807) is 44.4 Å².